The third kappa shape index (κ3) is 2.97. The molecule has 17 heavy (non-hydrogen) atoms. The molecule has 0 bridgehead atoms. The molecule has 0 fully saturated rings. The van der Waals surface area contributed by atoms with Gasteiger partial charge in [0, 0.05) is 25.3 Å². The van der Waals surface area contributed by atoms with Gasteiger partial charge in [-0.3, -0.25) is 9.48 Å². The molecule has 1 aromatic heterocycles. The number of hydrogen-bond acceptors (Lipinski definition) is 4. The number of anilines is 1. The van der Waals surface area contributed by atoms with E-state index < -0.39 is 0 Å². The van der Waals surface area contributed by atoms with Gasteiger partial charge in [-0.2, -0.15) is 5.10 Å². The van der Waals surface area contributed by atoms with E-state index in [0.29, 0.717) is 12.2 Å². The summed E-state index contributed by atoms with van der Waals surface area (Å²) in [5.41, 5.74) is 6.39. The summed E-state index contributed by atoms with van der Waals surface area (Å²) in [5.74, 6) is -0.237. The van der Waals surface area contributed by atoms with E-state index in [0.717, 1.165) is 0 Å². The topological polar surface area (TPSA) is 84.4 Å². The molecule has 6 nitrogen and oxygen atoms in total. The largest absolute Gasteiger partial charge is 0.396 e. The van der Waals surface area contributed by atoms with Crippen molar-refractivity contribution >= 4 is 11.6 Å². The average molecular weight is 240 g/mol. The van der Waals surface area contributed by atoms with Crippen LogP contribution in [-0.4, -0.2) is 44.9 Å². The van der Waals surface area contributed by atoms with E-state index in [1.165, 1.54) is 0 Å². The van der Waals surface area contributed by atoms with Gasteiger partial charge in [0.1, 0.15) is 0 Å². The van der Waals surface area contributed by atoms with Crippen LogP contribution in [0.1, 0.15) is 31.3 Å². The predicted octanol–water partition coefficient (Wildman–Crippen LogP) is 0.328. The fourth-order valence-corrected chi connectivity index (χ4v) is 1.60. The van der Waals surface area contributed by atoms with Crippen LogP contribution in [0.15, 0.2) is 6.20 Å². The molecular weight excluding hydrogens is 220 g/mol. The second-order valence-corrected chi connectivity index (χ2v) is 4.10. The van der Waals surface area contributed by atoms with Crippen LogP contribution in [0.25, 0.3) is 0 Å². The first-order valence-electron chi connectivity index (χ1n) is 5.76. The Labute approximate surface area is 101 Å². The van der Waals surface area contributed by atoms with Gasteiger partial charge < -0.3 is 15.7 Å². The summed E-state index contributed by atoms with van der Waals surface area (Å²) in [5, 5.41) is 13.1. The molecule has 0 atom stereocenters. The number of aromatic nitrogens is 2. The maximum atomic E-state index is 12.2. The zero-order valence-electron chi connectivity index (χ0n) is 10.6. The Kier molecular flexibility index (Phi) is 4.51. The summed E-state index contributed by atoms with van der Waals surface area (Å²) in [6.07, 6.45) is 1.64. The SMILES string of the molecule is CCn1cc(N)c(C(=O)N(CCO)C(C)C)n1. The molecule has 0 aliphatic carbocycles. The number of carbonyl (C=O) groups excluding carboxylic acids is 1. The summed E-state index contributed by atoms with van der Waals surface area (Å²) in [6.45, 7) is 6.59. The van der Waals surface area contributed by atoms with E-state index in [1.54, 1.807) is 15.8 Å². The highest BCUT2D eigenvalue weighted by Crippen LogP contribution is 2.13. The molecule has 3 N–H and O–H groups in total. The van der Waals surface area contributed by atoms with Crippen molar-refractivity contribution in [1.29, 1.82) is 0 Å². The van der Waals surface area contributed by atoms with Crippen LogP contribution in [0.4, 0.5) is 5.69 Å². The molecule has 0 spiro atoms. The Hall–Kier alpha value is -1.56. The van der Waals surface area contributed by atoms with Crippen molar-refractivity contribution in [3.63, 3.8) is 0 Å². The van der Waals surface area contributed by atoms with Crippen molar-refractivity contribution in [3.8, 4) is 0 Å². The smallest absolute Gasteiger partial charge is 0.276 e. The van der Waals surface area contributed by atoms with Gasteiger partial charge in [0.05, 0.1) is 12.3 Å². The summed E-state index contributed by atoms with van der Waals surface area (Å²) in [4.78, 5) is 13.7. The second-order valence-electron chi connectivity index (χ2n) is 4.10. The molecule has 1 amide bonds. The van der Waals surface area contributed by atoms with Crippen molar-refractivity contribution in [2.75, 3.05) is 18.9 Å². The van der Waals surface area contributed by atoms with E-state index in [4.69, 9.17) is 10.8 Å². The molecule has 96 valence electrons. The van der Waals surface area contributed by atoms with Crippen LogP contribution in [0.2, 0.25) is 0 Å². The van der Waals surface area contributed by atoms with Crippen molar-refractivity contribution in [2.45, 2.75) is 33.4 Å². The highest BCUT2D eigenvalue weighted by atomic mass is 16.3. The summed E-state index contributed by atoms with van der Waals surface area (Å²) >= 11 is 0. The van der Waals surface area contributed by atoms with Gasteiger partial charge >= 0.3 is 0 Å². The minimum Gasteiger partial charge on any atom is -0.396 e. The molecule has 1 rings (SSSR count). The number of rotatable bonds is 5. The Morgan fingerprint density at radius 3 is 2.71 bits per heavy atom. The molecule has 1 heterocycles. The Morgan fingerprint density at radius 1 is 1.65 bits per heavy atom. The predicted molar refractivity (Wildman–Crippen MR) is 65.6 cm³/mol. The molecule has 0 radical (unpaired) electrons. The molecule has 0 saturated carbocycles. The van der Waals surface area contributed by atoms with Gasteiger partial charge in [0.2, 0.25) is 0 Å². The van der Waals surface area contributed by atoms with Crippen molar-refractivity contribution in [2.24, 2.45) is 0 Å². The van der Waals surface area contributed by atoms with E-state index in [2.05, 4.69) is 5.10 Å². The van der Waals surface area contributed by atoms with Gasteiger partial charge in [-0.05, 0) is 20.8 Å². The lowest BCUT2D eigenvalue weighted by Gasteiger charge is -2.25. The second kappa shape index (κ2) is 5.67. The maximum Gasteiger partial charge on any atom is 0.276 e. The molecule has 6 heteroatoms. The standard InChI is InChI=1S/C11H20N4O2/c1-4-14-7-9(12)10(13-14)11(17)15(5-6-16)8(2)3/h7-8,16H,4-6,12H2,1-3H3. The third-order valence-corrected chi connectivity index (χ3v) is 2.54. The first kappa shape index (κ1) is 13.5. The summed E-state index contributed by atoms with van der Waals surface area (Å²) in [6, 6.07) is 0.000765. The number of nitrogens with two attached hydrogens (primary N) is 1. The van der Waals surface area contributed by atoms with E-state index in [-0.39, 0.29) is 30.8 Å². The highest BCUT2D eigenvalue weighted by Gasteiger charge is 2.23. The lowest BCUT2D eigenvalue weighted by atomic mass is 10.2. The van der Waals surface area contributed by atoms with Gasteiger partial charge in [0.15, 0.2) is 5.69 Å². The number of hydrogen-bond donors (Lipinski definition) is 2. The number of amides is 1. The summed E-state index contributed by atoms with van der Waals surface area (Å²) < 4.78 is 1.63. The monoisotopic (exact) mass is 240 g/mol. The van der Waals surface area contributed by atoms with Gasteiger partial charge in [-0.1, -0.05) is 0 Å². The number of aliphatic hydroxyl groups is 1. The van der Waals surface area contributed by atoms with Crippen LogP contribution in [0, 0.1) is 0 Å². The molecule has 0 aromatic carbocycles. The molecule has 0 unspecified atom stereocenters. The lowest BCUT2D eigenvalue weighted by Crippen LogP contribution is -2.39. The van der Waals surface area contributed by atoms with Crippen molar-refractivity contribution in [1.82, 2.24) is 14.7 Å². The Morgan fingerprint density at radius 2 is 2.29 bits per heavy atom. The first-order valence-corrected chi connectivity index (χ1v) is 5.76. The van der Waals surface area contributed by atoms with Crippen molar-refractivity contribution < 1.29 is 9.90 Å². The number of aryl methyl sites for hydroxylation is 1. The normalized spacial score (nSPS) is 10.9. The fraction of sp³-hybridized carbons (Fsp3) is 0.636. The fourth-order valence-electron chi connectivity index (χ4n) is 1.60. The Bertz CT molecular complexity index is 387. The summed E-state index contributed by atoms with van der Waals surface area (Å²) in [7, 11) is 0. The number of nitrogen functional groups attached to an aromatic ring is 1. The van der Waals surface area contributed by atoms with E-state index in [9.17, 15) is 4.79 Å². The first-order chi connectivity index (χ1) is 8.01. The zero-order chi connectivity index (χ0) is 13.0. The van der Waals surface area contributed by atoms with Crippen molar-refractivity contribution in [3.05, 3.63) is 11.9 Å². The van der Waals surface area contributed by atoms with Crippen LogP contribution < -0.4 is 5.73 Å². The minimum absolute atomic E-state index is 0.000765. The molecular formula is C11H20N4O2. The molecule has 0 aliphatic rings. The zero-order valence-corrected chi connectivity index (χ0v) is 10.6. The number of carbonyl (C=O) groups is 1. The Balaban J connectivity index is 2.96. The third-order valence-electron chi connectivity index (χ3n) is 2.54. The number of nitrogens with zero attached hydrogens (tertiary/aromatic N) is 3. The molecule has 0 saturated heterocycles. The van der Waals surface area contributed by atoms with Gasteiger partial charge in [-0.25, -0.2) is 0 Å². The van der Waals surface area contributed by atoms with Crippen LogP contribution >= 0.6 is 0 Å². The van der Waals surface area contributed by atoms with Crippen LogP contribution in [0.5, 0.6) is 0 Å². The lowest BCUT2D eigenvalue weighted by molar-refractivity contribution is 0.0659. The maximum absolute atomic E-state index is 12.2. The molecule has 0 aliphatic heterocycles. The quantitative estimate of drug-likeness (QED) is 0.776. The minimum atomic E-state index is -0.237. The highest BCUT2D eigenvalue weighted by molar-refractivity contribution is 5.97. The van der Waals surface area contributed by atoms with E-state index >= 15 is 0 Å². The average Bonchev–Trinajstić information content (AvgIpc) is 2.66. The number of aliphatic hydroxyl groups excluding tert-OH is 1. The van der Waals surface area contributed by atoms with E-state index in [1.807, 2.05) is 20.8 Å². The van der Waals surface area contributed by atoms with Crippen LogP contribution in [-0.2, 0) is 6.54 Å². The molecule has 1 aromatic rings. The van der Waals surface area contributed by atoms with Crippen LogP contribution in [0.3, 0.4) is 0 Å². The van der Waals surface area contributed by atoms with Gasteiger partial charge in [-0.15, -0.1) is 0 Å². The van der Waals surface area contributed by atoms with Gasteiger partial charge in [0.25, 0.3) is 5.91 Å².